The van der Waals surface area contributed by atoms with Crippen molar-refractivity contribution in [3.05, 3.63) is 20.9 Å². The van der Waals surface area contributed by atoms with Gasteiger partial charge in [0.15, 0.2) is 6.29 Å². The Balaban J connectivity index is 2.77. The van der Waals surface area contributed by atoms with Gasteiger partial charge in [0.2, 0.25) is 5.91 Å². The molecule has 5 atom stereocenters. The van der Waals surface area contributed by atoms with Gasteiger partial charge in [-0.25, -0.2) is 0 Å². The van der Waals surface area contributed by atoms with E-state index in [0.29, 0.717) is 0 Å². The summed E-state index contributed by atoms with van der Waals surface area (Å²) < 4.78 is 10.3. The van der Waals surface area contributed by atoms with Crippen LogP contribution in [0, 0.1) is 0 Å². The normalized spacial score (nSPS) is 31.7. The first-order valence-electron chi connectivity index (χ1n) is 5.90. The van der Waals surface area contributed by atoms with Crippen molar-refractivity contribution in [3.63, 3.8) is 0 Å². The van der Waals surface area contributed by atoms with Crippen LogP contribution in [0.4, 0.5) is 0 Å². The molecule has 0 bridgehead atoms. The maximum absolute atomic E-state index is 11.5. The lowest BCUT2D eigenvalue weighted by Gasteiger charge is -2.41. The fourth-order valence-electron chi connectivity index (χ4n) is 1.88. The van der Waals surface area contributed by atoms with Gasteiger partial charge < -0.3 is 25.0 Å². The Morgan fingerprint density at radius 3 is 2.57 bits per heavy atom. The number of nitrogens with one attached hydrogen (secondary N) is 1. The molecule has 1 rings (SSSR count). The maximum atomic E-state index is 11.5. The zero-order valence-electron chi connectivity index (χ0n) is 11.1. The zero-order chi connectivity index (χ0) is 15.8. The van der Waals surface area contributed by atoms with Gasteiger partial charge in [-0.05, 0) is 11.1 Å². The summed E-state index contributed by atoms with van der Waals surface area (Å²) in [7, 11) is 1.28. The first-order valence-corrected chi connectivity index (χ1v) is 5.90. The highest BCUT2D eigenvalue weighted by Crippen LogP contribution is 2.22. The monoisotopic (exact) mass is 301 g/mol. The number of ether oxygens (including phenoxy) is 2. The molecule has 3 N–H and O–H groups in total. The van der Waals surface area contributed by atoms with Gasteiger partial charge in [-0.15, -0.1) is 0 Å². The van der Waals surface area contributed by atoms with Crippen molar-refractivity contribution < 1.29 is 24.5 Å². The maximum Gasteiger partial charge on any atom is 0.226 e. The third-order valence-electron chi connectivity index (χ3n) is 2.86. The lowest BCUT2D eigenvalue weighted by Crippen LogP contribution is -2.64. The second kappa shape index (κ2) is 8.27. The van der Waals surface area contributed by atoms with Crippen LogP contribution in [-0.4, -0.2) is 67.0 Å². The van der Waals surface area contributed by atoms with Crippen molar-refractivity contribution in [2.24, 2.45) is 10.2 Å². The van der Waals surface area contributed by atoms with Gasteiger partial charge >= 0.3 is 0 Å². The van der Waals surface area contributed by atoms with Crippen LogP contribution in [-0.2, 0) is 14.3 Å². The molecule has 0 spiro atoms. The molecule has 12 nitrogen and oxygen atoms in total. The topological polar surface area (TPSA) is 186 Å². The van der Waals surface area contributed by atoms with Crippen LogP contribution in [0.2, 0.25) is 0 Å². The molecule has 1 aliphatic rings. The quantitative estimate of drug-likeness (QED) is 0.328. The minimum Gasteiger partial charge on any atom is -0.388 e. The smallest absolute Gasteiger partial charge is 0.226 e. The van der Waals surface area contributed by atoms with Crippen molar-refractivity contribution >= 4 is 5.91 Å². The summed E-state index contributed by atoms with van der Waals surface area (Å²) in [5, 5.41) is 28.6. The second-order valence-corrected chi connectivity index (χ2v) is 4.16. The summed E-state index contributed by atoms with van der Waals surface area (Å²) in [5.74, 6) is -0.664. The molecule has 116 valence electrons. The predicted molar refractivity (Wildman–Crippen MR) is 67.6 cm³/mol. The number of carbonyl (C=O) groups is 1. The number of aliphatic hydroxyl groups is 2. The zero-order valence-corrected chi connectivity index (χ0v) is 11.1. The summed E-state index contributed by atoms with van der Waals surface area (Å²) in [5.41, 5.74) is 16.4. The fourth-order valence-corrected chi connectivity index (χ4v) is 1.88. The summed E-state index contributed by atoms with van der Waals surface area (Å²) in [6.07, 6.45) is -4.81. The van der Waals surface area contributed by atoms with E-state index in [4.69, 9.17) is 20.5 Å². The van der Waals surface area contributed by atoms with Crippen molar-refractivity contribution in [1.29, 1.82) is 0 Å². The standard InChI is InChI=1S/C9H15N7O5/c1-20-9-6(14-5(17)3-13-16-11)8(19)7(18)4(21-9)2-12-15-10/h4,6-9,18-19H,2-3H2,1H3,(H,14,17)/t4?,6?,7-,8+,9-/m0/s1. The Labute approximate surface area is 118 Å². The third-order valence-corrected chi connectivity index (χ3v) is 2.86. The molecule has 1 aliphatic heterocycles. The Morgan fingerprint density at radius 2 is 2.00 bits per heavy atom. The molecular formula is C9H15N7O5. The summed E-state index contributed by atoms with van der Waals surface area (Å²) in [6, 6.07) is -1.06. The van der Waals surface area contributed by atoms with Crippen molar-refractivity contribution in [2.75, 3.05) is 20.2 Å². The Kier molecular flexibility index (Phi) is 6.69. The largest absolute Gasteiger partial charge is 0.388 e. The summed E-state index contributed by atoms with van der Waals surface area (Å²) in [6.45, 7) is -0.664. The summed E-state index contributed by atoms with van der Waals surface area (Å²) >= 11 is 0. The Morgan fingerprint density at radius 1 is 1.33 bits per heavy atom. The molecule has 1 amide bonds. The van der Waals surface area contributed by atoms with Gasteiger partial charge in [0, 0.05) is 16.9 Å². The molecule has 0 aromatic heterocycles. The number of methoxy groups -OCH3 is 1. The molecule has 1 fully saturated rings. The molecule has 0 aromatic rings. The third kappa shape index (κ3) is 4.46. The first kappa shape index (κ1) is 17.0. The minimum absolute atomic E-state index is 0.200. The van der Waals surface area contributed by atoms with E-state index in [0.717, 1.165) is 0 Å². The predicted octanol–water partition coefficient (Wildman–Crippen LogP) is -0.815. The van der Waals surface area contributed by atoms with Gasteiger partial charge in [-0.2, -0.15) is 0 Å². The average Bonchev–Trinajstić information content (AvgIpc) is 2.49. The molecule has 1 saturated heterocycles. The van der Waals surface area contributed by atoms with E-state index < -0.39 is 43.1 Å². The van der Waals surface area contributed by atoms with Crippen molar-refractivity contribution in [2.45, 2.75) is 30.6 Å². The van der Waals surface area contributed by atoms with E-state index in [-0.39, 0.29) is 6.54 Å². The number of aliphatic hydroxyl groups excluding tert-OH is 2. The Bertz CT molecular complexity index is 459. The van der Waals surface area contributed by atoms with E-state index in [1.165, 1.54) is 7.11 Å². The SMILES string of the molecule is CO[C@H]1OC(CN=[N+]=[N-])[C@H](O)[C@H](O)C1NC(=O)CN=[N+]=[N-]. The highest BCUT2D eigenvalue weighted by molar-refractivity contribution is 5.78. The van der Waals surface area contributed by atoms with Crippen LogP contribution in [0.25, 0.3) is 20.9 Å². The molecule has 0 saturated carbocycles. The number of hydrogen-bond donors (Lipinski definition) is 3. The molecule has 21 heavy (non-hydrogen) atoms. The molecule has 1 heterocycles. The Hall–Kier alpha value is -2.07. The molecule has 12 heteroatoms. The van der Waals surface area contributed by atoms with Crippen LogP contribution in [0.1, 0.15) is 0 Å². The number of nitrogens with zero attached hydrogens (tertiary/aromatic N) is 6. The lowest BCUT2D eigenvalue weighted by atomic mass is 9.96. The highest BCUT2D eigenvalue weighted by Gasteiger charge is 2.45. The van der Waals surface area contributed by atoms with E-state index in [2.05, 4.69) is 25.4 Å². The van der Waals surface area contributed by atoms with Crippen LogP contribution >= 0.6 is 0 Å². The molecular weight excluding hydrogens is 286 g/mol. The van der Waals surface area contributed by atoms with Crippen LogP contribution in [0.15, 0.2) is 10.2 Å². The van der Waals surface area contributed by atoms with Gasteiger partial charge in [0.25, 0.3) is 0 Å². The van der Waals surface area contributed by atoms with Gasteiger partial charge in [-0.3, -0.25) is 4.79 Å². The first-order chi connectivity index (χ1) is 10.0. The number of azide groups is 2. The molecule has 0 radical (unpaired) electrons. The highest BCUT2D eigenvalue weighted by atomic mass is 16.7. The van der Waals surface area contributed by atoms with Crippen molar-refractivity contribution in [1.82, 2.24) is 5.32 Å². The van der Waals surface area contributed by atoms with Crippen molar-refractivity contribution in [3.8, 4) is 0 Å². The minimum atomic E-state index is -1.40. The number of carbonyl (C=O) groups excluding carboxylic acids is 1. The van der Waals surface area contributed by atoms with Gasteiger partial charge in [-0.1, -0.05) is 10.2 Å². The molecule has 2 unspecified atom stereocenters. The van der Waals surface area contributed by atoms with Gasteiger partial charge in [0.1, 0.15) is 24.8 Å². The number of hydrogen-bond acceptors (Lipinski definition) is 7. The van der Waals surface area contributed by atoms with E-state index in [9.17, 15) is 15.0 Å². The van der Waals surface area contributed by atoms with Crippen LogP contribution < -0.4 is 5.32 Å². The lowest BCUT2D eigenvalue weighted by molar-refractivity contribution is -0.253. The number of amides is 1. The van der Waals surface area contributed by atoms with Crippen LogP contribution in [0.5, 0.6) is 0 Å². The summed E-state index contributed by atoms with van der Waals surface area (Å²) in [4.78, 5) is 16.5. The number of rotatable bonds is 6. The van der Waals surface area contributed by atoms with Crippen LogP contribution in [0.3, 0.4) is 0 Å². The average molecular weight is 301 g/mol. The fraction of sp³-hybridized carbons (Fsp3) is 0.889. The second-order valence-electron chi connectivity index (χ2n) is 4.16. The molecule has 0 aromatic carbocycles. The van der Waals surface area contributed by atoms with E-state index >= 15 is 0 Å². The van der Waals surface area contributed by atoms with E-state index in [1.54, 1.807) is 0 Å². The molecule has 0 aliphatic carbocycles. The van der Waals surface area contributed by atoms with Gasteiger partial charge in [0.05, 0.1) is 12.6 Å². The van der Waals surface area contributed by atoms with E-state index in [1.807, 2.05) is 0 Å².